The van der Waals surface area contributed by atoms with Crippen molar-refractivity contribution in [3.63, 3.8) is 0 Å². The van der Waals surface area contributed by atoms with Gasteiger partial charge in [0.15, 0.2) is 5.17 Å². The molecular formula is C31H29F3N6O3S. The van der Waals surface area contributed by atoms with Gasteiger partial charge in [0, 0.05) is 42.9 Å². The number of amides is 3. The van der Waals surface area contributed by atoms with Crippen LogP contribution in [0.2, 0.25) is 0 Å². The molecule has 4 aromatic rings. The molecule has 0 bridgehead atoms. The van der Waals surface area contributed by atoms with Crippen LogP contribution in [0.25, 0.3) is 16.9 Å². The standard InChI is InChI=1S/C31H29F3N6O3S/c1-19(2)25-14-11-23(38(3)4)15-27(25)40-28(41)17-44-30(40)37-29(42)36-21-7-5-20(6-8-21)26-16-39(18-35-26)22-9-12-24(13-10-22)43-31(32,33)34/h5-16,18-19H,17H2,1-4H3,(H,36,42). The Balaban J connectivity index is 1.29. The molecule has 228 valence electrons. The van der Waals surface area contributed by atoms with E-state index in [1.165, 1.54) is 40.9 Å². The zero-order chi connectivity index (χ0) is 31.6. The summed E-state index contributed by atoms with van der Waals surface area (Å²) in [6.07, 6.45) is -1.47. The number of benzene rings is 3. The van der Waals surface area contributed by atoms with Gasteiger partial charge in [0.2, 0.25) is 5.91 Å². The van der Waals surface area contributed by atoms with Crippen LogP contribution in [-0.4, -0.2) is 52.9 Å². The zero-order valence-electron chi connectivity index (χ0n) is 24.3. The molecule has 1 aromatic heterocycles. The SMILES string of the molecule is CC(C)c1ccc(N(C)C)cc1N1C(=O)CSC1=NC(=O)Nc1ccc(-c2cn(-c3ccc(OC(F)(F)F)cc3)cn2)cc1. The fourth-order valence-corrected chi connectivity index (χ4v) is 5.43. The second-order valence-corrected chi connectivity index (χ2v) is 11.4. The van der Waals surface area contributed by atoms with Gasteiger partial charge in [0.05, 0.1) is 23.5 Å². The Hall–Kier alpha value is -4.78. The maximum atomic E-state index is 12.9. The van der Waals surface area contributed by atoms with Crippen molar-refractivity contribution in [1.29, 1.82) is 0 Å². The molecule has 1 aliphatic heterocycles. The Labute approximate surface area is 256 Å². The molecule has 5 rings (SSSR count). The first kappa shape index (κ1) is 30.7. The quantitative estimate of drug-likeness (QED) is 0.233. The summed E-state index contributed by atoms with van der Waals surface area (Å²) < 4.78 is 42.9. The number of carbonyl (C=O) groups is 2. The minimum absolute atomic E-state index is 0.145. The Bertz CT molecular complexity index is 1700. The summed E-state index contributed by atoms with van der Waals surface area (Å²) in [5.74, 6) is -0.122. The fourth-order valence-electron chi connectivity index (χ4n) is 4.57. The van der Waals surface area contributed by atoms with Crippen LogP contribution in [0.1, 0.15) is 25.3 Å². The minimum atomic E-state index is -4.76. The highest BCUT2D eigenvalue weighted by molar-refractivity contribution is 8.15. The molecule has 0 saturated carbocycles. The van der Waals surface area contributed by atoms with Crippen LogP contribution in [0.5, 0.6) is 5.75 Å². The first-order valence-electron chi connectivity index (χ1n) is 13.6. The predicted molar refractivity (Wildman–Crippen MR) is 167 cm³/mol. The Morgan fingerprint density at radius 2 is 1.77 bits per heavy atom. The van der Waals surface area contributed by atoms with Crippen molar-refractivity contribution in [2.24, 2.45) is 4.99 Å². The molecule has 0 unspecified atom stereocenters. The van der Waals surface area contributed by atoms with Gasteiger partial charge >= 0.3 is 12.4 Å². The van der Waals surface area contributed by atoms with Gasteiger partial charge in [-0.25, -0.2) is 9.78 Å². The van der Waals surface area contributed by atoms with Gasteiger partial charge in [-0.1, -0.05) is 43.8 Å². The Morgan fingerprint density at radius 1 is 1.07 bits per heavy atom. The lowest BCUT2D eigenvalue weighted by atomic mass is 9.99. The summed E-state index contributed by atoms with van der Waals surface area (Å²) in [4.78, 5) is 37.9. The van der Waals surface area contributed by atoms with E-state index in [1.807, 2.05) is 51.0 Å². The van der Waals surface area contributed by atoms with Gasteiger partial charge in [0.25, 0.3) is 0 Å². The van der Waals surface area contributed by atoms with Crippen LogP contribution in [0.15, 0.2) is 84.2 Å². The number of hydrogen-bond donors (Lipinski definition) is 1. The van der Waals surface area contributed by atoms with Crippen molar-refractivity contribution in [1.82, 2.24) is 9.55 Å². The van der Waals surface area contributed by atoms with Crippen molar-refractivity contribution < 1.29 is 27.5 Å². The first-order chi connectivity index (χ1) is 20.9. The highest BCUT2D eigenvalue weighted by Crippen LogP contribution is 2.36. The molecule has 0 radical (unpaired) electrons. The number of urea groups is 1. The number of nitrogens with one attached hydrogen (secondary N) is 1. The van der Waals surface area contributed by atoms with Crippen molar-refractivity contribution in [3.8, 4) is 22.7 Å². The molecule has 9 nitrogen and oxygen atoms in total. The zero-order valence-corrected chi connectivity index (χ0v) is 25.1. The molecule has 0 atom stereocenters. The van der Waals surface area contributed by atoms with Crippen molar-refractivity contribution in [2.75, 3.05) is 35.0 Å². The van der Waals surface area contributed by atoms with Crippen LogP contribution in [0.3, 0.4) is 0 Å². The molecule has 13 heteroatoms. The lowest BCUT2D eigenvalue weighted by Gasteiger charge is -2.24. The second-order valence-electron chi connectivity index (χ2n) is 10.4. The number of amidine groups is 1. The van der Waals surface area contributed by atoms with E-state index in [0.717, 1.165) is 16.8 Å². The van der Waals surface area contributed by atoms with Crippen molar-refractivity contribution >= 4 is 45.9 Å². The first-order valence-corrected chi connectivity index (χ1v) is 14.5. The Morgan fingerprint density at radius 3 is 2.41 bits per heavy atom. The van der Waals surface area contributed by atoms with E-state index >= 15 is 0 Å². The fraction of sp³-hybridized carbons (Fsp3) is 0.226. The van der Waals surface area contributed by atoms with E-state index < -0.39 is 12.4 Å². The number of aromatic nitrogens is 2. The number of nitrogens with zero attached hydrogens (tertiary/aromatic N) is 5. The third kappa shape index (κ3) is 7.05. The van der Waals surface area contributed by atoms with Gasteiger partial charge in [-0.2, -0.15) is 4.99 Å². The summed E-state index contributed by atoms with van der Waals surface area (Å²) >= 11 is 1.21. The topological polar surface area (TPSA) is 92.1 Å². The molecule has 1 N–H and O–H groups in total. The van der Waals surface area contributed by atoms with Crippen LogP contribution in [-0.2, 0) is 4.79 Å². The third-order valence-electron chi connectivity index (χ3n) is 6.74. The van der Waals surface area contributed by atoms with E-state index in [-0.39, 0.29) is 23.3 Å². The number of hydrogen-bond acceptors (Lipinski definition) is 6. The van der Waals surface area contributed by atoms with Crippen LogP contribution >= 0.6 is 11.8 Å². The molecule has 44 heavy (non-hydrogen) atoms. The molecule has 1 saturated heterocycles. The average molecular weight is 623 g/mol. The lowest BCUT2D eigenvalue weighted by Crippen LogP contribution is -2.31. The highest BCUT2D eigenvalue weighted by Gasteiger charge is 2.33. The number of alkyl halides is 3. The van der Waals surface area contributed by atoms with E-state index in [2.05, 4.69) is 20.0 Å². The van der Waals surface area contributed by atoms with Crippen molar-refractivity contribution in [2.45, 2.75) is 26.1 Å². The summed E-state index contributed by atoms with van der Waals surface area (Å²) in [7, 11) is 3.85. The van der Waals surface area contributed by atoms with Gasteiger partial charge in [-0.05, 0) is 60.0 Å². The number of anilines is 3. The van der Waals surface area contributed by atoms with E-state index in [9.17, 15) is 22.8 Å². The van der Waals surface area contributed by atoms with E-state index in [4.69, 9.17) is 0 Å². The van der Waals surface area contributed by atoms with Gasteiger partial charge in [0.1, 0.15) is 5.75 Å². The summed E-state index contributed by atoms with van der Waals surface area (Å²) in [5, 5.41) is 3.06. The molecule has 1 aliphatic rings. The third-order valence-corrected chi connectivity index (χ3v) is 7.66. The van der Waals surface area contributed by atoms with Crippen LogP contribution in [0, 0.1) is 0 Å². The van der Waals surface area contributed by atoms with Crippen LogP contribution in [0.4, 0.5) is 35.0 Å². The lowest BCUT2D eigenvalue weighted by molar-refractivity contribution is -0.274. The maximum absolute atomic E-state index is 12.9. The molecule has 1 fully saturated rings. The molecule has 3 amide bonds. The molecule has 0 aliphatic carbocycles. The number of halogens is 3. The number of carbonyl (C=O) groups excluding carboxylic acids is 2. The average Bonchev–Trinajstić information content (AvgIpc) is 3.59. The summed E-state index contributed by atoms with van der Waals surface area (Å²) in [6, 6.07) is 17.7. The molecule has 3 aromatic carbocycles. The molecule has 2 heterocycles. The number of thioether (sulfide) groups is 1. The molecule has 0 spiro atoms. The van der Waals surface area contributed by atoms with Gasteiger partial charge in [-0.15, -0.1) is 13.2 Å². The van der Waals surface area contributed by atoms with E-state index in [1.54, 1.807) is 41.4 Å². The second kappa shape index (κ2) is 12.4. The largest absolute Gasteiger partial charge is 0.573 e. The van der Waals surface area contributed by atoms with Crippen LogP contribution < -0.4 is 19.9 Å². The normalized spacial score (nSPS) is 14.4. The van der Waals surface area contributed by atoms with Gasteiger partial charge < -0.3 is 19.5 Å². The number of rotatable bonds is 7. The smallest absolute Gasteiger partial charge is 0.406 e. The number of aliphatic imine (C=N–C) groups is 1. The summed E-state index contributed by atoms with van der Waals surface area (Å²) in [5.41, 5.74) is 5.10. The number of imidazole rings is 1. The molecular weight excluding hydrogens is 593 g/mol. The maximum Gasteiger partial charge on any atom is 0.573 e. The Kier molecular flexibility index (Phi) is 8.68. The monoisotopic (exact) mass is 622 g/mol. The highest BCUT2D eigenvalue weighted by atomic mass is 32.2. The van der Waals surface area contributed by atoms with Crippen molar-refractivity contribution in [3.05, 3.63) is 84.8 Å². The number of ether oxygens (including phenoxy) is 1. The van der Waals surface area contributed by atoms with Gasteiger partial charge in [-0.3, -0.25) is 9.69 Å². The minimum Gasteiger partial charge on any atom is -0.406 e. The van der Waals surface area contributed by atoms with E-state index in [0.29, 0.717) is 27.9 Å². The predicted octanol–water partition coefficient (Wildman–Crippen LogP) is 7.30. The summed E-state index contributed by atoms with van der Waals surface area (Å²) in [6.45, 7) is 4.10.